The number of amides is 3. The lowest BCUT2D eigenvalue weighted by atomic mass is 10.2. The number of thiazole rings is 1. The number of H-pyrrole nitrogens is 1. The fourth-order valence-electron chi connectivity index (χ4n) is 2.82. The zero-order chi connectivity index (χ0) is 22.7. The molecule has 0 saturated carbocycles. The van der Waals surface area contributed by atoms with Gasteiger partial charge >= 0.3 is 0 Å². The maximum Gasteiger partial charge on any atom is 0.265 e. The molecule has 2 heterocycles. The van der Waals surface area contributed by atoms with E-state index in [4.69, 9.17) is 16.2 Å². The zero-order valence-electron chi connectivity index (χ0n) is 16.5. The van der Waals surface area contributed by atoms with Crippen molar-refractivity contribution in [2.75, 3.05) is 5.32 Å². The van der Waals surface area contributed by atoms with Crippen LogP contribution in [0, 0.1) is 0 Å². The van der Waals surface area contributed by atoms with Gasteiger partial charge in [-0.05, 0) is 54.6 Å². The Morgan fingerprint density at radius 2 is 1.53 bits per heavy atom. The monoisotopic (exact) mass is 447 g/mol. The maximum absolute atomic E-state index is 12.5. The standard InChI is InChI=1S/C22H17N5O4S/c23-19(28)12-1-5-15(6-2-12)31-16-7-3-13(4-8-16)21(30)27-22-26-18(11-32-22)14-9-17(20(24)29)25-10-14/h1-11,25H,(H2,23,28)(H2,24,29)(H,26,27,30). The molecule has 0 spiro atoms. The van der Waals surface area contributed by atoms with Crippen molar-refractivity contribution in [3.05, 3.63) is 83.0 Å². The first-order chi connectivity index (χ1) is 15.4. The summed E-state index contributed by atoms with van der Waals surface area (Å²) in [7, 11) is 0. The van der Waals surface area contributed by atoms with Gasteiger partial charge in [0.15, 0.2) is 5.13 Å². The van der Waals surface area contributed by atoms with Gasteiger partial charge in [0.1, 0.15) is 17.2 Å². The number of aromatic nitrogens is 2. The van der Waals surface area contributed by atoms with Crippen LogP contribution in [0.25, 0.3) is 11.3 Å². The van der Waals surface area contributed by atoms with E-state index in [1.807, 2.05) is 0 Å². The van der Waals surface area contributed by atoms with Crippen molar-refractivity contribution in [2.45, 2.75) is 0 Å². The SMILES string of the molecule is NC(=O)c1ccc(Oc2ccc(C(=O)Nc3nc(-c4c[nH]c(C(N)=O)c4)cs3)cc2)cc1. The molecule has 3 amide bonds. The van der Waals surface area contributed by atoms with Crippen LogP contribution in [0.4, 0.5) is 5.13 Å². The molecule has 0 aliphatic heterocycles. The fourth-order valence-corrected chi connectivity index (χ4v) is 3.53. The summed E-state index contributed by atoms with van der Waals surface area (Å²) >= 11 is 1.26. The molecule has 4 rings (SSSR count). The van der Waals surface area contributed by atoms with Crippen molar-refractivity contribution in [1.82, 2.24) is 9.97 Å². The van der Waals surface area contributed by atoms with Crippen molar-refractivity contribution in [1.29, 1.82) is 0 Å². The second kappa shape index (κ2) is 8.74. The summed E-state index contributed by atoms with van der Waals surface area (Å²) in [6.45, 7) is 0. The summed E-state index contributed by atoms with van der Waals surface area (Å²) in [5, 5.41) is 4.93. The largest absolute Gasteiger partial charge is 0.457 e. The Bertz CT molecular complexity index is 1290. The molecule has 0 atom stereocenters. The number of carbonyl (C=O) groups excluding carboxylic acids is 3. The van der Waals surface area contributed by atoms with Crippen LogP contribution in [0.3, 0.4) is 0 Å². The topological polar surface area (TPSA) is 153 Å². The number of primary amides is 2. The lowest BCUT2D eigenvalue weighted by molar-refractivity contribution is 0.0989. The number of aromatic amines is 1. The lowest BCUT2D eigenvalue weighted by Crippen LogP contribution is -2.11. The Balaban J connectivity index is 1.39. The second-order valence-electron chi connectivity index (χ2n) is 6.67. The van der Waals surface area contributed by atoms with E-state index in [-0.39, 0.29) is 11.6 Å². The Labute approximate surface area is 186 Å². The molecule has 2 aromatic carbocycles. The highest BCUT2D eigenvalue weighted by molar-refractivity contribution is 7.14. The van der Waals surface area contributed by atoms with Gasteiger partial charge in [-0.25, -0.2) is 4.98 Å². The van der Waals surface area contributed by atoms with Gasteiger partial charge in [0, 0.05) is 28.3 Å². The third-order valence-corrected chi connectivity index (χ3v) is 5.22. The van der Waals surface area contributed by atoms with E-state index in [0.717, 1.165) is 0 Å². The molecule has 0 bridgehead atoms. The van der Waals surface area contributed by atoms with Gasteiger partial charge in [-0.15, -0.1) is 11.3 Å². The van der Waals surface area contributed by atoms with Gasteiger partial charge in [0.25, 0.3) is 11.8 Å². The average molecular weight is 447 g/mol. The van der Waals surface area contributed by atoms with E-state index in [0.29, 0.717) is 39.0 Å². The second-order valence-corrected chi connectivity index (χ2v) is 7.53. The van der Waals surface area contributed by atoms with E-state index in [2.05, 4.69) is 15.3 Å². The number of hydrogen-bond donors (Lipinski definition) is 4. The molecule has 10 heteroatoms. The molecule has 0 aliphatic rings. The van der Waals surface area contributed by atoms with Gasteiger partial charge in [-0.1, -0.05) is 0 Å². The molecule has 0 fully saturated rings. The number of carbonyl (C=O) groups is 3. The lowest BCUT2D eigenvalue weighted by Gasteiger charge is -2.07. The van der Waals surface area contributed by atoms with Crippen LogP contribution in [0.5, 0.6) is 11.5 Å². The molecule has 4 aromatic rings. The van der Waals surface area contributed by atoms with Gasteiger partial charge in [-0.2, -0.15) is 0 Å². The first kappa shape index (κ1) is 20.8. The van der Waals surface area contributed by atoms with Crippen LogP contribution >= 0.6 is 11.3 Å². The molecule has 2 aromatic heterocycles. The summed E-state index contributed by atoms with van der Waals surface area (Å²) in [5.41, 5.74) is 12.9. The summed E-state index contributed by atoms with van der Waals surface area (Å²) < 4.78 is 5.71. The average Bonchev–Trinajstić information content (AvgIpc) is 3.44. The van der Waals surface area contributed by atoms with Crippen LogP contribution in [0.1, 0.15) is 31.2 Å². The van der Waals surface area contributed by atoms with E-state index >= 15 is 0 Å². The van der Waals surface area contributed by atoms with E-state index < -0.39 is 11.8 Å². The predicted octanol–water partition coefficient (Wildman–Crippen LogP) is 3.38. The maximum atomic E-state index is 12.5. The third kappa shape index (κ3) is 4.65. The number of hydrogen-bond acceptors (Lipinski definition) is 6. The first-order valence-electron chi connectivity index (χ1n) is 9.32. The van der Waals surface area contributed by atoms with Crippen LogP contribution in [-0.4, -0.2) is 27.7 Å². The summed E-state index contributed by atoms with van der Waals surface area (Å²) in [6.07, 6.45) is 1.63. The molecule has 0 saturated heterocycles. The summed E-state index contributed by atoms with van der Waals surface area (Å²) in [4.78, 5) is 42.0. The Morgan fingerprint density at radius 3 is 2.09 bits per heavy atom. The zero-order valence-corrected chi connectivity index (χ0v) is 17.3. The van der Waals surface area contributed by atoms with E-state index in [9.17, 15) is 14.4 Å². The normalized spacial score (nSPS) is 10.5. The van der Waals surface area contributed by atoms with E-state index in [1.54, 1.807) is 66.2 Å². The van der Waals surface area contributed by atoms with Gasteiger partial charge in [0.05, 0.1) is 5.69 Å². The molecule has 0 aliphatic carbocycles. The number of rotatable bonds is 7. The minimum Gasteiger partial charge on any atom is -0.457 e. The molecule has 0 unspecified atom stereocenters. The highest BCUT2D eigenvalue weighted by atomic mass is 32.1. The quantitative estimate of drug-likeness (QED) is 0.342. The van der Waals surface area contributed by atoms with Crippen LogP contribution in [-0.2, 0) is 0 Å². The van der Waals surface area contributed by atoms with Gasteiger partial charge in [-0.3, -0.25) is 19.7 Å². The molecule has 6 N–H and O–H groups in total. The molecule has 32 heavy (non-hydrogen) atoms. The highest BCUT2D eigenvalue weighted by Gasteiger charge is 2.12. The van der Waals surface area contributed by atoms with Crippen molar-refractivity contribution < 1.29 is 19.1 Å². The number of ether oxygens (including phenoxy) is 1. The fraction of sp³-hybridized carbons (Fsp3) is 0. The molecule has 160 valence electrons. The first-order valence-corrected chi connectivity index (χ1v) is 10.2. The van der Waals surface area contributed by atoms with Crippen LogP contribution in [0.15, 0.2) is 66.2 Å². The number of nitrogens with one attached hydrogen (secondary N) is 2. The smallest absolute Gasteiger partial charge is 0.265 e. The molecule has 9 nitrogen and oxygen atoms in total. The van der Waals surface area contributed by atoms with Crippen molar-refractivity contribution >= 4 is 34.2 Å². The Morgan fingerprint density at radius 1 is 0.906 bits per heavy atom. The molecular weight excluding hydrogens is 430 g/mol. The number of nitrogens with zero attached hydrogens (tertiary/aromatic N) is 1. The minimum absolute atomic E-state index is 0.282. The van der Waals surface area contributed by atoms with Crippen LogP contribution in [0.2, 0.25) is 0 Å². The highest BCUT2D eigenvalue weighted by Crippen LogP contribution is 2.26. The van der Waals surface area contributed by atoms with Crippen molar-refractivity contribution in [3.63, 3.8) is 0 Å². The van der Waals surface area contributed by atoms with Crippen molar-refractivity contribution in [3.8, 4) is 22.8 Å². The number of anilines is 1. The van der Waals surface area contributed by atoms with E-state index in [1.165, 1.54) is 11.3 Å². The molecular formula is C22H17N5O4S. The Hall–Kier alpha value is -4.44. The number of nitrogens with two attached hydrogens (primary N) is 2. The Kier molecular flexibility index (Phi) is 5.69. The third-order valence-electron chi connectivity index (χ3n) is 4.46. The van der Waals surface area contributed by atoms with Gasteiger partial charge < -0.3 is 21.2 Å². The minimum atomic E-state index is -0.560. The van der Waals surface area contributed by atoms with Gasteiger partial charge in [0.2, 0.25) is 5.91 Å². The number of benzene rings is 2. The molecule has 0 radical (unpaired) electrons. The van der Waals surface area contributed by atoms with Crippen LogP contribution < -0.4 is 21.5 Å². The summed E-state index contributed by atoms with van der Waals surface area (Å²) in [6, 6.07) is 14.6. The van der Waals surface area contributed by atoms with Crippen molar-refractivity contribution in [2.24, 2.45) is 11.5 Å². The summed E-state index contributed by atoms with van der Waals surface area (Å²) in [5.74, 6) is -0.331. The predicted molar refractivity (Wildman–Crippen MR) is 120 cm³/mol.